The fourth-order valence-electron chi connectivity index (χ4n) is 5.91. The quantitative estimate of drug-likeness (QED) is 0.318. The summed E-state index contributed by atoms with van der Waals surface area (Å²) >= 11 is 0. The van der Waals surface area contributed by atoms with Crippen LogP contribution in [0.2, 0.25) is 0 Å². The monoisotopic (exact) mass is 502 g/mol. The zero-order valence-electron chi connectivity index (χ0n) is 21.0. The highest BCUT2D eigenvalue weighted by molar-refractivity contribution is 6.04. The molecule has 0 bridgehead atoms. The first-order chi connectivity index (χ1) is 17.9. The molecule has 1 heterocycles. The molecule has 37 heavy (non-hydrogen) atoms. The van der Waals surface area contributed by atoms with E-state index in [2.05, 4.69) is 5.32 Å². The third-order valence-corrected chi connectivity index (χ3v) is 7.62. The summed E-state index contributed by atoms with van der Waals surface area (Å²) in [6, 6.07) is 13.9. The van der Waals surface area contributed by atoms with Crippen LogP contribution in [0.4, 0.5) is 5.69 Å². The molecule has 0 amide bonds. The summed E-state index contributed by atoms with van der Waals surface area (Å²) in [6.07, 6.45) is 4.32. The smallest absolute Gasteiger partial charge is 0.337 e. The second-order valence-corrected chi connectivity index (χ2v) is 9.92. The molecule has 1 aliphatic heterocycles. The second-order valence-electron chi connectivity index (χ2n) is 9.92. The molecule has 1 fully saturated rings. The van der Waals surface area contributed by atoms with Gasteiger partial charge in [-0.2, -0.15) is 0 Å². The van der Waals surface area contributed by atoms with Crippen molar-refractivity contribution in [3.63, 3.8) is 0 Å². The van der Waals surface area contributed by atoms with Crippen LogP contribution in [0, 0.1) is 10.1 Å². The van der Waals surface area contributed by atoms with E-state index in [0.29, 0.717) is 28.8 Å². The number of hydrogen-bond acceptors (Lipinski definition) is 7. The summed E-state index contributed by atoms with van der Waals surface area (Å²) < 4.78 is 11.4. The lowest BCUT2D eigenvalue weighted by molar-refractivity contribution is -0.384. The number of nitro groups is 1. The van der Waals surface area contributed by atoms with Crippen LogP contribution in [0.5, 0.6) is 5.75 Å². The molecule has 2 aromatic carbocycles. The van der Waals surface area contributed by atoms with Gasteiger partial charge in [-0.05, 0) is 56.2 Å². The number of esters is 1. The first kappa shape index (κ1) is 24.7. The van der Waals surface area contributed by atoms with E-state index in [4.69, 9.17) is 9.47 Å². The van der Waals surface area contributed by atoms with Crippen molar-refractivity contribution >= 4 is 17.4 Å². The maximum atomic E-state index is 13.8. The number of hydrogen-bond donors (Lipinski definition) is 1. The Kier molecular flexibility index (Phi) is 6.82. The maximum Gasteiger partial charge on any atom is 0.337 e. The van der Waals surface area contributed by atoms with E-state index in [9.17, 15) is 19.7 Å². The van der Waals surface area contributed by atoms with Crippen molar-refractivity contribution in [1.82, 2.24) is 5.32 Å². The molecule has 1 N–H and O–H groups in total. The summed E-state index contributed by atoms with van der Waals surface area (Å²) in [7, 11) is 1.61. The van der Waals surface area contributed by atoms with Gasteiger partial charge in [-0.15, -0.1) is 0 Å². The van der Waals surface area contributed by atoms with Crippen molar-refractivity contribution in [1.29, 1.82) is 0 Å². The number of dihydropyridines is 1. The van der Waals surface area contributed by atoms with Crippen molar-refractivity contribution in [2.75, 3.05) is 7.11 Å². The van der Waals surface area contributed by atoms with E-state index < -0.39 is 16.8 Å². The van der Waals surface area contributed by atoms with Crippen LogP contribution < -0.4 is 10.1 Å². The standard InChI is InChI=1S/C29H30N2O6/c1-17-26(29(33)37-21-10-3-4-11-21)27(18-8-7-9-20(14-18)31(34)35)28-23(30-17)15-19(16-24(28)32)22-12-5-6-13-25(22)36-2/h5-9,12-14,19,21,27,30H,3-4,10-11,15-16H2,1-2H3/t19-,27+/m1/s1. The van der Waals surface area contributed by atoms with Gasteiger partial charge in [0, 0.05) is 47.4 Å². The highest BCUT2D eigenvalue weighted by atomic mass is 16.6. The number of nitrogens with zero attached hydrogens (tertiary/aromatic N) is 1. The summed E-state index contributed by atoms with van der Waals surface area (Å²) in [6.45, 7) is 1.80. The minimum Gasteiger partial charge on any atom is -0.496 e. The van der Waals surface area contributed by atoms with Gasteiger partial charge in [-0.25, -0.2) is 4.79 Å². The lowest BCUT2D eigenvalue weighted by Crippen LogP contribution is -2.36. The van der Waals surface area contributed by atoms with Crippen molar-refractivity contribution < 1.29 is 24.0 Å². The molecule has 2 atom stereocenters. The maximum absolute atomic E-state index is 13.8. The highest BCUT2D eigenvalue weighted by Gasteiger charge is 2.42. The molecule has 0 radical (unpaired) electrons. The van der Waals surface area contributed by atoms with E-state index in [1.165, 1.54) is 12.1 Å². The Morgan fingerprint density at radius 1 is 1.08 bits per heavy atom. The number of carbonyl (C=O) groups is 2. The largest absolute Gasteiger partial charge is 0.496 e. The Labute approximate surface area is 215 Å². The lowest BCUT2D eigenvalue weighted by atomic mass is 9.71. The first-order valence-corrected chi connectivity index (χ1v) is 12.7. The van der Waals surface area contributed by atoms with Gasteiger partial charge in [0.1, 0.15) is 11.9 Å². The van der Waals surface area contributed by atoms with Crippen LogP contribution in [0.3, 0.4) is 0 Å². The Bertz CT molecular complexity index is 1320. The van der Waals surface area contributed by atoms with E-state index in [1.807, 2.05) is 24.3 Å². The van der Waals surface area contributed by atoms with Gasteiger partial charge in [-0.3, -0.25) is 14.9 Å². The Balaban J connectivity index is 1.58. The predicted octanol–water partition coefficient (Wildman–Crippen LogP) is 5.45. The number of nitro benzene ring substituents is 1. The van der Waals surface area contributed by atoms with Crippen molar-refractivity contribution in [2.45, 2.75) is 63.4 Å². The van der Waals surface area contributed by atoms with Crippen LogP contribution in [-0.2, 0) is 14.3 Å². The van der Waals surface area contributed by atoms with Crippen LogP contribution in [0.15, 0.2) is 71.1 Å². The number of Topliss-reactive ketones (excluding diaryl/α,β-unsaturated/α-hetero) is 1. The molecule has 0 spiro atoms. The molecule has 3 aliphatic rings. The van der Waals surface area contributed by atoms with Gasteiger partial charge in [0.05, 0.1) is 17.6 Å². The normalized spacial score (nSPS) is 21.9. The Morgan fingerprint density at radius 2 is 1.84 bits per heavy atom. The molecule has 1 saturated carbocycles. The predicted molar refractivity (Wildman–Crippen MR) is 137 cm³/mol. The van der Waals surface area contributed by atoms with Gasteiger partial charge >= 0.3 is 5.97 Å². The van der Waals surface area contributed by atoms with Gasteiger partial charge in [0.15, 0.2) is 5.78 Å². The SMILES string of the molecule is COc1ccccc1[C@H]1CC(=O)C2=C(C1)NC(C)=C(C(=O)OC1CCCC1)[C@@H]2c1cccc([N+](=O)[O-])c1. The summed E-state index contributed by atoms with van der Waals surface area (Å²) in [5.74, 6) is -0.681. The van der Waals surface area contributed by atoms with Crippen LogP contribution in [0.25, 0.3) is 0 Å². The van der Waals surface area contributed by atoms with E-state index in [1.54, 1.807) is 26.2 Å². The zero-order valence-corrected chi connectivity index (χ0v) is 21.0. The molecule has 0 unspecified atom stereocenters. The second kappa shape index (κ2) is 10.2. The van der Waals surface area contributed by atoms with Crippen molar-refractivity contribution in [3.05, 3.63) is 92.3 Å². The molecule has 2 aromatic rings. The molecule has 0 aromatic heterocycles. The number of nitrogens with one attached hydrogen (secondary N) is 1. The van der Waals surface area contributed by atoms with Gasteiger partial charge in [0.25, 0.3) is 5.69 Å². The first-order valence-electron chi connectivity index (χ1n) is 12.7. The zero-order chi connectivity index (χ0) is 26.1. The van der Waals surface area contributed by atoms with Crippen molar-refractivity contribution in [2.24, 2.45) is 0 Å². The average molecular weight is 503 g/mol. The van der Waals surface area contributed by atoms with Gasteiger partial charge in [0.2, 0.25) is 0 Å². The molecule has 192 valence electrons. The third kappa shape index (κ3) is 4.75. The average Bonchev–Trinajstić information content (AvgIpc) is 3.40. The van der Waals surface area contributed by atoms with Gasteiger partial charge in [-0.1, -0.05) is 30.3 Å². The van der Waals surface area contributed by atoms with E-state index in [0.717, 1.165) is 42.7 Å². The van der Waals surface area contributed by atoms with Crippen LogP contribution in [-0.4, -0.2) is 29.9 Å². The number of allylic oxidation sites excluding steroid dienone is 3. The minimum absolute atomic E-state index is 0.0884. The number of para-hydroxylation sites is 1. The number of methoxy groups -OCH3 is 1. The third-order valence-electron chi connectivity index (χ3n) is 7.62. The number of ether oxygens (including phenoxy) is 2. The van der Waals surface area contributed by atoms with Crippen molar-refractivity contribution in [3.8, 4) is 5.75 Å². The molecular weight excluding hydrogens is 472 g/mol. The van der Waals surface area contributed by atoms with Crippen LogP contribution in [0.1, 0.15) is 68.4 Å². The summed E-state index contributed by atoms with van der Waals surface area (Å²) in [5.41, 5.74) is 3.56. The summed E-state index contributed by atoms with van der Waals surface area (Å²) in [5, 5.41) is 14.9. The molecule has 2 aliphatic carbocycles. The fourth-order valence-corrected chi connectivity index (χ4v) is 5.91. The Hall–Kier alpha value is -3.94. The van der Waals surface area contributed by atoms with Gasteiger partial charge < -0.3 is 14.8 Å². The molecule has 5 rings (SSSR count). The number of non-ortho nitro benzene ring substituents is 1. The number of ketones is 1. The fraction of sp³-hybridized carbons (Fsp3) is 0.379. The molecule has 8 nitrogen and oxygen atoms in total. The van der Waals surface area contributed by atoms with Crippen LogP contribution >= 0.6 is 0 Å². The highest BCUT2D eigenvalue weighted by Crippen LogP contribution is 2.47. The van der Waals surface area contributed by atoms with E-state index in [-0.39, 0.29) is 29.9 Å². The van der Waals surface area contributed by atoms with E-state index >= 15 is 0 Å². The Morgan fingerprint density at radius 3 is 2.57 bits per heavy atom. The molecular formula is C29H30N2O6. The summed E-state index contributed by atoms with van der Waals surface area (Å²) in [4.78, 5) is 38.4. The minimum atomic E-state index is -0.740. The lowest BCUT2D eigenvalue weighted by Gasteiger charge is -2.37. The number of carbonyl (C=O) groups excluding carboxylic acids is 2. The number of rotatable bonds is 6. The molecule has 8 heteroatoms. The molecule has 0 saturated heterocycles. The number of benzene rings is 2. The topological polar surface area (TPSA) is 108 Å².